The third-order valence-corrected chi connectivity index (χ3v) is 3.96. The molecule has 2 heteroatoms. The number of benzene rings is 1. The van der Waals surface area contributed by atoms with Crippen LogP contribution in [0.4, 0.5) is 0 Å². The number of rotatable bonds is 1. The molecule has 1 aromatic heterocycles. The van der Waals surface area contributed by atoms with E-state index in [1.165, 1.54) is 10.9 Å². The first-order valence-corrected chi connectivity index (χ1v) is 6.37. The van der Waals surface area contributed by atoms with E-state index < -0.39 is 0 Å². The molecule has 0 spiro atoms. The second-order valence-corrected chi connectivity index (χ2v) is 5.08. The number of carbonyl (C=O) groups excluding carboxylic acids is 1. The summed E-state index contributed by atoms with van der Waals surface area (Å²) in [4.78, 5) is 15.5. The fourth-order valence-corrected chi connectivity index (χ4v) is 2.95. The van der Waals surface area contributed by atoms with Crippen LogP contribution < -0.4 is 0 Å². The van der Waals surface area contributed by atoms with Crippen LogP contribution in [-0.4, -0.2) is 10.8 Å². The molecular formula is C15H17NO. The molecule has 0 amide bonds. The zero-order valence-corrected chi connectivity index (χ0v) is 10.1. The maximum absolute atomic E-state index is 12.3. The van der Waals surface area contributed by atoms with E-state index in [4.69, 9.17) is 0 Å². The van der Waals surface area contributed by atoms with Crippen LogP contribution in [0.1, 0.15) is 37.7 Å². The SMILES string of the molecule is CC1CCCC(c2c[nH]c3ccccc23)C1=O. The van der Waals surface area contributed by atoms with Gasteiger partial charge in [0.2, 0.25) is 0 Å². The Labute approximate surface area is 101 Å². The third-order valence-electron chi connectivity index (χ3n) is 3.96. The average Bonchev–Trinajstić information content (AvgIpc) is 2.77. The topological polar surface area (TPSA) is 32.9 Å². The second kappa shape index (κ2) is 4.02. The van der Waals surface area contributed by atoms with Crippen molar-refractivity contribution in [1.82, 2.24) is 4.98 Å². The Bertz CT molecular complexity index is 555. The molecule has 1 heterocycles. The van der Waals surface area contributed by atoms with Gasteiger partial charge in [-0.3, -0.25) is 4.79 Å². The smallest absolute Gasteiger partial charge is 0.143 e. The van der Waals surface area contributed by atoms with Gasteiger partial charge in [0.15, 0.2) is 0 Å². The van der Waals surface area contributed by atoms with Crippen LogP contribution in [0.5, 0.6) is 0 Å². The molecular weight excluding hydrogens is 210 g/mol. The maximum atomic E-state index is 12.3. The molecule has 0 radical (unpaired) electrons. The summed E-state index contributed by atoms with van der Waals surface area (Å²) in [7, 11) is 0. The van der Waals surface area contributed by atoms with Crippen molar-refractivity contribution in [2.24, 2.45) is 5.92 Å². The lowest BCUT2D eigenvalue weighted by Crippen LogP contribution is -2.24. The quantitative estimate of drug-likeness (QED) is 0.792. The molecule has 3 rings (SSSR count). The van der Waals surface area contributed by atoms with E-state index in [2.05, 4.69) is 24.0 Å². The van der Waals surface area contributed by atoms with Crippen LogP contribution >= 0.6 is 0 Å². The molecule has 2 aromatic rings. The number of para-hydroxylation sites is 1. The van der Waals surface area contributed by atoms with Crippen molar-refractivity contribution in [2.75, 3.05) is 0 Å². The van der Waals surface area contributed by atoms with Crippen molar-refractivity contribution in [1.29, 1.82) is 0 Å². The van der Waals surface area contributed by atoms with Gasteiger partial charge >= 0.3 is 0 Å². The average molecular weight is 227 g/mol. The third kappa shape index (κ3) is 1.68. The first kappa shape index (κ1) is 10.6. The molecule has 1 aromatic carbocycles. The lowest BCUT2D eigenvalue weighted by molar-refractivity contribution is -0.125. The Morgan fingerprint density at radius 2 is 2.06 bits per heavy atom. The van der Waals surface area contributed by atoms with Gasteiger partial charge in [0.25, 0.3) is 0 Å². The zero-order chi connectivity index (χ0) is 11.8. The standard InChI is InChI=1S/C15H17NO/c1-10-5-4-7-12(15(10)17)13-9-16-14-8-3-2-6-11(13)14/h2-3,6,8-10,12,16H,4-5,7H2,1H3. The number of aromatic nitrogens is 1. The number of hydrogen-bond acceptors (Lipinski definition) is 1. The van der Waals surface area contributed by atoms with E-state index in [1.807, 2.05) is 18.3 Å². The molecule has 88 valence electrons. The van der Waals surface area contributed by atoms with Crippen LogP contribution in [-0.2, 0) is 4.79 Å². The lowest BCUT2D eigenvalue weighted by atomic mass is 9.77. The molecule has 1 saturated carbocycles. The number of fused-ring (bicyclic) bond motifs is 1. The van der Waals surface area contributed by atoms with Gasteiger partial charge in [0.05, 0.1) is 0 Å². The van der Waals surface area contributed by atoms with Gasteiger partial charge in [0.1, 0.15) is 5.78 Å². The highest BCUT2D eigenvalue weighted by Crippen LogP contribution is 2.36. The molecule has 1 N–H and O–H groups in total. The summed E-state index contributed by atoms with van der Waals surface area (Å²) in [5.41, 5.74) is 2.32. The fourth-order valence-electron chi connectivity index (χ4n) is 2.95. The van der Waals surface area contributed by atoms with Crippen molar-refractivity contribution in [3.05, 3.63) is 36.0 Å². The number of Topliss-reactive ketones (excluding diaryl/α,β-unsaturated/α-hetero) is 1. The summed E-state index contributed by atoms with van der Waals surface area (Å²) in [6, 6.07) is 8.23. The number of ketones is 1. The largest absolute Gasteiger partial charge is 0.361 e. The van der Waals surface area contributed by atoms with E-state index in [9.17, 15) is 4.79 Å². The molecule has 1 fully saturated rings. The highest BCUT2D eigenvalue weighted by Gasteiger charge is 2.30. The maximum Gasteiger partial charge on any atom is 0.143 e. The summed E-state index contributed by atoms with van der Waals surface area (Å²) in [6.07, 6.45) is 5.24. The molecule has 1 aliphatic rings. The van der Waals surface area contributed by atoms with Gasteiger partial charge in [-0.15, -0.1) is 0 Å². The van der Waals surface area contributed by atoms with Crippen LogP contribution in [0.15, 0.2) is 30.5 Å². The molecule has 2 nitrogen and oxygen atoms in total. The van der Waals surface area contributed by atoms with Gasteiger partial charge in [-0.2, -0.15) is 0 Å². The van der Waals surface area contributed by atoms with Gasteiger partial charge in [0, 0.05) is 28.9 Å². The predicted octanol–water partition coefficient (Wildman–Crippen LogP) is 3.64. The summed E-state index contributed by atoms with van der Waals surface area (Å²) in [5, 5.41) is 1.21. The molecule has 2 unspecified atom stereocenters. The first-order chi connectivity index (χ1) is 8.27. The van der Waals surface area contributed by atoms with Crippen molar-refractivity contribution >= 4 is 16.7 Å². The highest BCUT2D eigenvalue weighted by atomic mass is 16.1. The van der Waals surface area contributed by atoms with Crippen molar-refractivity contribution in [3.8, 4) is 0 Å². The molecule has 0 aliphatic heterocycles. The Morgan fingerprint density at radius 1 is 1.24 bits per heavy atom. The van der Waals surface area contributed by atoms with Gasteiger partial charge in [-0.25, -0.2) is 0 Å². The zero-order valence-electron chi connectivity index (χ0n) is 10.1. The summed E-state index contributed by atoms with van der Waals surface area (Å²) in [5.74, 6) is 0.748. The van der Waals surface area contributed by atoms with Crippen LogP contribution in [0.2, 0.25) is 0 Å². The van der Waals surface area contributed by atoms with Crippen LogP contribution in [0.3, 0.4) is 0 Å². The Kier molecular flexibility index (Phi) is 2.50. The Balaban J connectivity index is 2.06. The monoisotopic (exact) mass is 227 g/mol. The second-order valence-electron chi connectivity index (χ2n) is 5.08. The number of carbonyl (C=O) groups is 1. The lowest BCUT2D eigenvalue weighted by Gasteiger charge is -2.25. The van der Waals surface area contributed by atoms with Crippen LogP contribution in [0.25, 0.3) is 10.9 Å². The van der Waals surface area contributed by atoms with Crippen molar-refractivity contribution < 1.29 is 4.79 Å². The van der Waals surface area contributed by atoms with E-state index in [1.54, 1.807) is 0 Å². The predicted molar refractivity (Wildman–Crippen MR) is 69.1 cm³/mol. The number of H-pyrrole nitrogens is 1. The number of aromatic amines is 1. The molecule has 1 aliphatic carbocycles. The van der Waals surface area contributed by atoms with E-state index in [0.717, 1.165) is 24.8 Å². The Morgan fingerprint density at radius 3 is 2.94 bits per heavy atom. The summed E-state index contributed by atoms with van der Waals surface area (Å²) < 4.78 is 0. The van der Waals surface area contributed by atoms with Gasteiger partial charge in [-0.1, -0.05) is 31.5 Å². The summed E-state index contributed by atoms with van der Waals surface area (Å²) >= 11 is 0. The molecule has 2 atom stereocenters. The molecule has 0 bridgehead atoms. The minimum atomic E-state index is 0.106. The Hall–Kier alpha value is -1.57. The fraction of sp³-hybridized carbons (Fsp3) is 0.400. The van der Waals surface area contributed by atoms with Gasteiger partial charge < -0.3 is 4.98 Å². The minimum absolute atomic E-state index is 0.106. The minimum Gasteiger partial charge on any atom is -0.361 e. The summed E-state index contributed by atoms with van der Waals surface area (Å²) in [6.45, 7) is 2.06. The van der Waals surface area contributed by atoms with Crippen molar-refractivity contribution in [2.45, 2.75) is 32.1 Å². The van der Waals surface area contributed by atoms with E-state index in [-0.39, 0.29) is 11.8 Å². The van der Waals surface area contributed by atoms with Crippen molar-refractivity contribution in [3.63, 3.8) is 0 Å². The first-order valence-electron chi connectivity index (χ1n) is 6.37. The normalized spacial score (nSPS) is 25.4. The highest BCUT2D eigenvalue weighted by molar-refractivity contribution is 5.94. The van der Waals surface area contributed by atoms with E-state index >= 15 is 0 Å². The van der Waals surface area contributed by atoms with Crippen LogP contribution in [0, 0.1) is 5.92 Å². The van der Waals surface area contributed by atoms with Gasteiger partial charge in [-0.05, 0) is 24.5 Å². The van der Waals surface area contributed by atoms with E-state index in [0.29, 0.717) is 5.78 Å². The number of hydrogen-bond donors (Lipinski definition) is 1. The molecule has 0 saturated heterocycles. The molecule has 17 heavy (non-hydrogen) atoms. The number of nitrogens with one attached hydrogen (secondary N) is 1.